The summed E-state index contributed by atoms with van der Waals surface area (Å²) in [7, 11) is 0. The highest BCUT2D eigenvalue weighted by Crippen LogP contribution is 2.27. The van der Waals surface area contributed by atoms with Gasteiger partial charge < -0.3 is 5.32 Å². The molecule has 0 radical (unpaired) electrons. The number of aromatic nitrogens is 4. The molecular weight excluding hydrogens is 397 g/mol. The first kappa shape index (κ1) is 18.6. The van der Waals surface area contributed by atoms with Gasteiger partial charge in [0, 0.05) is 16.8 Å². The number of hydrogen-bond acceptors (Lipinski definition) is 6. The normalized spacial score (nSPS) is 11.1. The van der Waals surface area contributed by atoms with E-state index >= 15 is 0 Å². The van der Waals surface area contributed by atoms with Crippen molar-refractivity contribution < 1.29 is 9.18 Å². The summed E-state index contributed by atoms with van der Waals surface area (Å²) in [6.07, 6.45) is 1.68. The molecule has 28 heavy (non-hydrogen) atoms. The first-order chi connectivity index (χ1) is 13.5. The number of nitrogens with zero attached hydrogens (tertiary/aromatic N) is 4. The van der Waals surface area contributed by atoms with Crippen LogP contribution in [-0.4, -0.2) is 31.2 Å². The molecular formula is C19H16FN5OS2. The average molecular weight is 414 g/mol. The van der Waals surface area contributed by atoms with Crippen molar-refractivity contribution in [3.63, 3.8) is 0 Å². The number of thiazole rings is 1. The molecule has 4 rings (SSSR count). The van der Waals surface area contributed by atoms with Crippen LogP contribution in [0.1, 0.15) is 10.6 Å². The Morgan fingerprint density at radius 2 is 2.00 bits per heavy atom. The molecule has 142 valence electrons. The highest BCUT2D eigenvalue weighted by molar-refractivity contribution is 7.99. The molecule has 0 aliphatic heterocycles. The van der Waals surface area contributed by atoms with Crippen LogP contribution in [0.4, 0.5) is 9.52 Å². The summed E-state index contributed by atoms with van der Waals surface area (Å²) in [6, 6.07) is 9.76. The van der Waals surface area contributed by atoms with Crippen LogP contribution in [0.3, 0.4) is 0 Å². The predicted octanol–water partition coefficient (Wildman–Crippen LogP) is 4.36. The molecule has 6 nitrogen and oxygen atoms in total. The van der Waals surface area contributed by atoms with Gasteiger partial charge in [0.2, 0.25) is 5.91 Å². The monoisotopic (exact) mass is 413 g/mol. The summed E-state index contributed by atoms with van der Waals surface area (Å²) in [6.45, 7) is 3.88. The second-order valence-corrected chi connectivity index (χ2v) is 8.20. The zero-order chi connectivity index (χ0) is 19.7. The lowest BCUT2D eigenvalue weighted by atomic mass is 10.3. The van der Waals surface area contributed by atoms with Gasteiger partial charge in [0.1, 0.15) is 11.3 Å². The van der Waals surface area contributed by atoms with Crippen LogP contribution in [0.15, 0.2) is 47.8 Å². The number of benzene rings is 1. The van der Waals surface area contributed by atoms with E-state index in [4.69, 9.17) is 0 Å². The Balaban J connectivity index is 1.58. The van der Waals surface area contributed by atoms with E-state index in [1.807, 2.05) is 24.5 Å². The smallest absolute Gasteiger partial charge is 0.236 e. The van der Waals surface area contributed by atoms with Gasteiger partial charge in [-0.3, -0.25) is 9.36 Å². The number of amides is 1. The SMILES string of the molecule is Cc1nc(NC(=O)CSc2nc3cccnc3n2-c2ccc(F)cc2)sc1C. The molecule has 1 amide bonds. The number of anilines is 1. The molecule has 1 N–H and O–H groups in total. The van der Waals surface area contributed by atoms with Crippen LogP contribution >= 0.6 is 23.1 Å². The summed E-state index contributed by atoms with van der Waals surface area (Å²) in [5, 5.41) is 4.02. The zero-order valence-electron chi connectivity index (χ0n) is 15.1. The van der Waals surface area contributed by atoms with Crippen molar-refractivity contribution in [2.45, 2.75) is 19.0 Å². The molecule has 9 heteroatoms. The third-order valence-corrected chi connectivity index (χ3v) is 6.00. The Kier molecular flexibility index (Phi) is 5.10. The van der Waals surface area contributed by atoms with Gasteiger partial charge in [0.15, 0.2) is 15.9 Å². The minimum atomic E-state index is -0.316. The number of hydrogen-bond donors (Lipinski definition) is 1. The second kappa shape index (κ2) is 7.69. The molecule has 0 atom stereocenters. The van der Waals surface area contributed by atoms with Crippen molar-refractivity contribution >= 4 is 45.3 Å². The highest BCUT2D eigenvalue weighted by Gasteiger charge is 2.16. The fourth-order valence-corrected chi connectivity index (χ4v) is 4.27. The third-order valence-electron chi connectivity index (χ3n) is 4.08. The van der Waals surface area contributed by atoms with Crippen molar-refractivity contribution in [3.05, 3.63) is 59.0 Å². The molecule has 0 saturated heterocycles. The lowest BCUT2D eigenvalue weighted by molar-refractivity contribution is -0.113. The van der Waals surface area contributed by atoms with Gasteiger partial charge >= 0.3 is 0 Å². The van der Waals surface area contributed by atoms with E-state index in [1.54, 1.807) is 24.4 Å². The van der Waals surface area contributed by atoms with Gasteiger partial charge in [0.05, 0.1) is 11.4 Å². The van der Waals surface area contributed by atoms with E-state index in [2.05, 4.69) is 20.3 Å². The fourth-order valence-electron chi connectivity index (χ4n) is 2.62. The molecule has 1 aromatic carbocycles. The van der Waals surface area contributed by atoms with Crippen LogP contribution in [-0.2, 0) is 4.79 Å². The number of aryl methyl sites for hydroxylation is 2. The summed E-state index contributed by atoms with van der Waals surface area (Å²) in [4.78, 5) is 26.7. The van der Waals surface area contributed by atoms with Gasteiger partial charge in [-0.1, -0.05) is 11.8 Å². The number of carbonyl (C=O) groups is 1. The largest absolute Gasteiger partial charge is 0.301 e. The summed E-state index contributed by atoms with van der Waals surface area (Å²) >= 11 is 2.74. The Morgan fingerprint density at radius 1 is 1.21 bits per heavy atom. The lowest BCUT2D eigenvalue weighted by Crippen LogP contribution is -2.14. The Bertz CT molecular complexity index is 1130. The maximum atomic E-state index is 13.3. The maximum absolute atomic E-state index is 13.3. The Morgan fingerprint density at radius 3 is 2.71 bits per heavy atom. The summed E-state index contributed by atoms with van der Waals surface area (Å²) in [5.41, 5.74) is 3.01. The van der Waals surface area contributed by atoms with Crippen LogP contribution < -0.4 is 5.32 Å². The highest BCUT2D eigenvalue weighted by atomic mass is 32.2. The van der Waals surface area contributed by atoms with Gasteiger partial charge in [-0.2, -0.15) is 0 Å². The summed E-state index contributed by atoms with van der Waals surface area (Å²) in [5.74, 6) is -0.310. The molecule has 0 aliphatic rings. The van der Waals surface area contributed by atoms with E-state index in [1.165, 1.54) is 35.2 Å². The van der Waals surface area contributed by atoms with E-state index < -0.39 is 0 Å². The number of halogens is 1. The fraction of sp³-hybridized carbons (Fsp3) is 0.158. The Labute approximate surface area is 168 Å². The van der Waals surface area contributed by atoms with Crippen molar-refractivity contribution in [1.29, 1.82) is 0 Å². The topological polar surface area (TPSA) is 72.7 Å². The molecule has 3 heterocycles. The molecule has 0 unspecified atom stereocenters. The quantitative estimate of drug-likeness (QED) is 0.492. The Hall–Kier alpha value is -2.78. The van der Waals surface area contributed by atoms with Crippen molar-refractivity contribution in [1.82, 2.24) is 19.5 Å². The molecule has 0 fully saturated rings. The summed E-state index contributed by atoms with van der Waals surface area (Å²) < 4.78 is 15.2. The molecule has 0 spiro atoms. The number of carbonyl (C=O) groups excluding carboxylic acids is 1. The van der Waals surface area contributed by atoms with Gasteiger partial charge in [0.25, 0.3) is 0 Å². The number of rotatable bonds is 5. The number of imidazole rings is 1. The molecule has 3 aromatic heterocycles. The van der Waals surface area contributed by atoms with E-state index in [-0.39, 0.29) is 17.5 Å². The van der Waals surface area contributed by atoms with E-state index in [0.717, 1.165) is 16.3 Å². The maximum Gasteiger partial charge on any atom is 0.236 e. The van der Waals surface area contributed by atoms with Crippen LogP contribution in [0.25, 0.3) is 16.9 Å². The average Bonchev–Trinajstić information content (AvgIpc) is 3.20. The van der Waals surface area contributed by atoms with Crippen molar-refractivity contribution in [2.24, 2.45) is 0 Å². The molecule has 0 bridgehead atoms. The van der Waals surface area contributed by atoms with E-state index in [9.17, 15) is 9.18 Å². The van der Waals surface area contributed by atoms with Gasteiger partial charge in [-0.25, -0.2) is 19.3 Å². The van der Waals surface area contributed by atoms with Crippen LogP contribution in [0.2, 0.25) is 0 Å². The lowest BCUT2D eigenvalue weighted by Gasteiger charge is -2.08. The standard InChI is InChI=1S/C19H16FN5OS2/c1-11-12(2)28-18(22-11)24-16(26)10-27-19-23-15-4-3-9-21-17(15)25(19)14-7-5-13(20)6-8-14/h3-9H,10H2,1-2H3,(H,22,24,26). The van der Waals surface area contributed by atoms with Crippen molar-refractivity contribution in [3.8, 4) is 5.69 Å². The van der Waals surface area contributed by atoms with Crippen LogP contribution in [0.5, 0.6) is 0 Å². The van der Waals surface area contributed by atoms with E-state index in [0.29, 0.717) is 21.5 Å². The third kappa shape index (κ3) is 3.76. The number of fused-ring (bicyclic) bond motifs is 1. The molecule has 0 saturated carbocycles. The first-order valence-corrected chi connectivity index (χ1v) is 10.3. The van der Waals surface area contributed by atoms with Gasteiger partial charge in [-0.05, 0) is 50.2 Å². The predicted molar refractivity (Wildman–Crippen MR) is 110 cm³/mol. The number of nitrogens with one attached hydrogen (secondary N) is 1. The van der Waals surface area contributed by atoms with Gasteiger partial charge in [-0.15, -0.1) is 11.3 Å². The van der Waals surface area contributed by atoms with Crippen LogP contribution in [0, 0.1) is 19.7 Å². The van der Waals surface area contributed by atoms with Crippen molar-refractivity contribution in [2.75, 3.05) is 11.1 Å². The minimum absolute atomic E-state index is 0.163. The first-order valence-electron chi connectivity index (χ1n) is 8.47. The number of thioether (sulfide) groups is 1. The minimum Gasteiger partial charge on any atom is -0.301 e. The second-order valence-electron chi connectivity index (χ2n) is 6.05. The molecule has 4 aromatic rings. The zero-order valence-corrected chi connectivity index (χ0v) is 16.8. The number of pyridine rings is 1. The molecule has 0 aliphatic carbocycles.